The molecule has 2 unspecified atom stereocenters. The molecule has 2 amide bonds. The summed E-state index contributed by atoms with van der Waals surface area (Å²) in [5.41, 5.74) is 9.57. The minimum absolute atomic E-state index is 0.00939. The van der Waals surface area contributed by atoms with E-state index < -0.39 is 0 Å². The number of piperazine rings is 1. The van der Waals surface area contributed by atoms with Crippen LogP contribution in [0.3, 0.4) is 0 Å². The molecular formula is C30H40FN5O2. The highest BCUT2D eigenvalue weighted by molar-refractivity contribution is 5.98. The normalized spacial score (nSPS) is 22.8. The molecule has 0 bridgehead atoms. The quantitative estimate of drug-likeness (QED) is 0.506. The van der Waals surface area contributed by atoms with Crippen molar-refractivity contribution in [2.75, 3.05) is 36.4 Å². The number of hydrogen-bond acceptors (Lipinski definition) is 5. The first-order valence-electron chi connectivity index (χ1n) is 14.2. The summed E-state index contributed by atoms with van der Waals surface area (Å²) in [6.45, 7) is 4.09. The molecule has 2 aliphatic carbocycles. The van der Waals surface area contributed by atoms with E-state index >= 15 is 0 Å². The standard InChI is InChI=1S/C30H40FN5O2/c31-24-11-13-25(14-12-24)36-17-15-35(16-18-36)20-23-10-9-22(30(38)33-27-8-4-3-7-26(27)32)19-28(23)34-29(37)21-5-1-2-6-21/h9-14,19,21,26-27H,1-8,15-18,20,32H2,(H,33,38)(H,34,37). The van der Waals surface area contributed by atoms with Crippen molar-refractivity contribution in [3.8, 4) is 0 Å². The van der Waals surface area contributed by atoms with Crippen molar-refractivity contribution in [1.29, 1.82) is 0 Å². The summed E-state index contributed by atoms with van der Waals surface area (Å²) >= 11 is 0. The molecule has 38 heavy (non-hydrogen) atoms. The zero-order valence-electron chi connectivity index (χ0n) is 22.1. The second kappa shape index (κ2) is 12.3. The van der Waals surface area contributed by atoms with E-state index in [-0.39, 0.29) is 35.6 Å². The van der Waals surface area contributed by atoms with Crippen LogP contribution in [0.1, 0.15) is 67.3 Å². The highest BCUT2D eigenvalue weighted by atomic mass is 19.1. The predicted octanol–water partition coefficient (Wildman–Crippen LogP) is 4.28. The number of benzene rings is 2. The molecule has 0 radical (unpaired) electrons. The summed E-state index contributed by atoms with van der Waals surface area (Å²) in [4.78, 5) is 30.8. The molecule has 7 nitrogen and oxygen atoms in total. The van der Waals surface area contributed by atoms with Crippen LogP contribution in [0.2, 0.25) is 0 Å². The van der Waals surface area contributed by atoms with Crippen molar-refractivity contribution in [3.63, 3.8) is 0 Å². The minimum Gasteiger partial charge on any atom is -0.369 e. The third-order valence-electron chi connectivity index (χ3n) is 8.45. The van der Waals surface area contributed by atoms with E-state index in [0.29, 0.717) is 12.1 Å². The fourth-order valence-electron chi connectivity index (χ4n) is 6.04. The van der Waals surface area contributed by atoms with Crippen LogP contribution in [-0.4, -0.2) is 55.0 Å². The molecule has 2 aromatic carbocycles. The molecule has 1 saturated heterocycles. The molecule has 2 atom stereocenters. The van der Waals surface area contributed by atoms with Crippen molar-refractivity contribution in [1.82, 2.24) is 10.2 Å². The number of anilines is 2. The average molecular weight is 522 g/mol. The van der Waals surface area contributed by atoms with Crippen molar-refractivity contribution >= 4 is 23.2 Å². The van der Waals surface area contributed by atoms with E-state index in [4.69, 9.17) is 5.73 Å². The fraction of sp³-hybridized carbons (Fsp3) is 0.533. The molecule has 5 rings (SSSR count). The van der Waals surface area contributed by atoms with Crippen LogP contribution in [0.15, 0.2) is 42.5 Å². The lowest BCUT2D eigenvalue weighted by Crippen LogP contribution is -2.49. The molecule has 0 aromatic heterocycles. The van der Waals surface area contributed by atoms with Gasteiger partial charge in [-0.05, 0) is 67.6 Å². The van der Waals surface area contributed by atoms with E-state index in [1.165, 1.54) is 12.1 Å². The van der Waals surface area contributed by atoms with Crippen molar-refractivity contribution < 1.29 is 14.0 Å². The monoisotopic (exact) mass is 521 g/mol. The van der Waals surface area contributed by atoms with E-state index in [0.717, 1.165) is 94.5 Å². The summed E-state index contributed by atoms with van der Waals surface area (Å²) in [6.07, 6.45) is 8.05. The molecule has 1 aliphatic heterocycles. The minimum atomic E-state index is -0.224. The first-order valence-corrected chi connectivity index (χ1v) is 14.2. The Morgan fingerprint density at radius 1 is 0.895 bits per heavy atom. The first-order chi connectivity index (χ1) is 18.5. The highest BCUT2D eigenvalue weighted by Gasteiger charge is 2.26. The smallest absolute Gasteiger partial charge is 0.251 e. The lowest BCUT2D eigenvalue weighted by atomic mass is 9.91. The summed E-state index contributed by atoms with van der Waals surface area (Å²) in [6, 6.07) is 12.3. The van der Waals surface area contributed by atoms with Crippen molar-refractivity contribution in [3.05, 3.63) is 59.4 Å². The van der Waals surface area contributed by atoms with Gasteiger partial charge in [-0.15, -0.1) is 0 Å². The van der Waals surface area contributed by atoms with Crippen LogP contribution >= 0.6 is 0 Å². The molecule has 3 fully saturated rings. The largest absolute Gasteiger partial charge is 0.369 e. The van der Waals surface area contributed by atoms with Crippen LogP contribution in [0.4, 0.5) is 15.8 Å². The molecule has 8 heteroatoms. The summed E-state index contributed by atoms with van der Waals surface area (Å²) in [5, 5.41) is 6.30. The fourth-order valence-corrected chi connectivity index (χ4v) is 6.04. The van der Waals surface area contributed by atoms with Crippen molar-refractivity contribution in [2.24, 2.45) is 11.7 Å². The summed E-state index contributed by atoms with van der Waals surface area (Å²) in [7, 11) is 0. The van der Waals surface area contributed by atoms with Gasteiger partial charge in [-0.2, -0.15) is 0 Å². The maximum absolute atomic E-state index is 13.3. The lowest BCUT2D eigenvalue weighted by molar-refractivity contribution is -0.119. The van der Waals surface area contributed by atoms with Gasteiger partial charge in [0.1, 0.15) is 5.82 Å². The summed E-state index contributed by atoms with van der Waals surface area (Å²) in [5.74, 6) is -0.266. The van der Waals surface area contributed by atoms with Gasteiger partial charge >= 0.3 is 0 Å². The second-order valence-electron chi connectivity index (χ2n) is 11.1. The number of halogens is 1. The van der Waals surface area contributed by atoms with Gasteiger partial charge in [-0.1, -0.05) is 31.7 Å². The molecule has 2 saturated carbocycles. The van der Waals surface area contributed by atoms with Gasteiger partial charge in [0.25, 0.3) is 5.91 Å². The Morgan fingerprint density at radius 3 is 2.29 bits per heavy atom. The molecule has 3 aliphatic rings. The Hall–Kier alpha value is -2.97. The number of nitrogens with two attached hydrogens (primary N) is 1. The number of carbonyl (C=O) groups excluding carboxylic acids is 2. The number of nitrogens with zero attached hydrogens (tertiary/aromatic N) is 2. The van der Waals surface area contributed by atoms with Crippen LogP contribution in [-0.2, 0) is 11.3 Å². The Kier molecular flexibility index (Phi) is 8.59. The molecular weight excluding hydrogens is 481 g/mol. The number of carbonyl (C=O) groups is 2. The Balaban J connectivity index is 1.27. The number of hydrogen-bond donors (Lipinski definition) is 3. The maximum Gasteiger partial charge on any atom is 0.251 e. The molecule has 2 aromatic rings. The van der Waals surface area contributed by atoms with Gasteiger partial charge in [0.2, 0.25) is 5.91 Å². The van der Waals surface area contributed by atoms with Crippen LogP contribution in [0.5, 0.6) is 0 Å². The average Bonchev–Trinajstić information content (AvgIpc) is 3.47. The van der Waals surface area contributed by atoms with Gasteiger partial charge < -0.3 is 21.3 Å². The van der Waals surface area contributed by atoms with E-state index in [9.17, 15) is 14.0 Å². The van der Waals surface area contributed by atoms with Crippen LogP contribution in [0, 0.1) is 11.7 Å². The molecule has 0 spiro atoms. The van der Waals surface area contributed by atoms with E-state index in [1.807, 2.05) is 30.3 Å². The third-order valence-corrected chi connectivity index (χ3v) is 8.45. The van der Waals surface area contributed by atoms with Gasteiger partial charge in [0, 0.05) is 67.7 Å². The Labute approximate surface area is 224 Å². The zero-order valence-corrected chi connectivity index (χ0v) is 22.1. The van der Waals surface area contributed by atoms with Gasteiger partial charge in [-0.3, -0.25) is 14.5 Å². The van der Waals surface area contributed by atoms with E-state index in [1.54, 1.807) is 0 Å². The SMILES string of the molecule is NC1CCCCC1NC(=O)c1ccc(CN2CCN(c3ccc(F)cc3)CC2)c(NC(=O)C2CCCC2)c1. The van der Waals surface area contributed by atoms with Gasteiger partial charge in [0.05, 0.1) is 0 Å². The van der Waals surface area contributed by atoms with E-state index in [2.05, 4.69) is 20.4 Å². The molecule has 204 valence electrons. The molecule has 1 heterocycles. The number of amides is 2. The molecule has 4 N–H and O–H groups in total. The Morgan fingerprint density at radius 2 is 1.58 bits per heavy atom. The van der Waals surface area contributed by atoms with Crippen molar-refractivity contribution in [2.45, 2.75) is 70.0 Å². The maximum atomic E-state index is 13.3. The lowest BCUT2D eigenvalue weighted by Gasteiger charge is -2.36. The Bertz CT molecular complexity index is 1110. The number of nitrogens with one attached hydrogen (secondary N) is 2. The zero-order chi connectivity index (χ0) is 26.5. The highest BCUT2D eigenvalue weighted by Crippen LogP contribution is 2.28. The summed E-state index contributed by atoms with van der Waals surface area (Å²) < 4.78 is 13.3. The topological polar surface area (TPSA) is 90.7 Å². The predicted molar refractivity (Wildman–Crippen MR) is 149 cm³/mol. The van der Waals surface area contributed by atoms with Gasteiger partial charge in [0.15, 0.2) is 0 Å². The second-order valence-corrected chi connectivity index (χ2v) is 11.1. The number of rotatable bonds is 7. The third kappa shape index (κ3) is 6.53. The first kappa shape index (κ1) is 26.6. The van der Waals surface area contributed by atoms with Crippen LogP contribution in [0.25, 0.3) is 0 Å². The van der Waals surface area contributed by atoms with Crippen LogP contribution < -0.4 is 21.3 Å². The van der Waals surface area contributed by atoms with Gasteiger partial charge in [-0.25, -0.2) is 4.39 Å².